The van der Waals surface area contributed by atoms with Gasteiger partial charge in [-0.15, -0.1) is 11.3 Å². The minimum atomic E-state index is 0.175. The lowest BCUT2D eigenvalue weighted by atomic mass is 10.2. The monoisotopic (exact) mass is 363 g/mol. The summed E-state index contributed by atoms with van der Waals surface area (Å²) in [5, 5.41) is 21.4. The standard InChI is InChI=1S/C20H17N3O2S/c1-13-12-26-20(22-13)18-17(24)11-23(19(18)21)14-7-9-16(10-8-14)25-15-5-3-2-4-6-15/h2-10,12,21,24H,11H2,1H3. The molecule has 0 spiro atoms. The van der Waals surface area contributed by atoms with Gasteiger partial charge in [0.1, 0.15) is 28.1 Å². The molecule has 3 aromatic rings. The topological polar surface area (TPSA) is 69.4 Å². The zero-order valence-corrected chi connectivity index (χ0v) is 15.0. The van der Waals surface area contributed by atoms with E-state index in [9.17, 15) is 5.11 Å². The second-order valence-corrected chi connectivity index (χ2v) is 6.82. The highest BCUT2D eigenvalue weighted by atomic mass is 32.1. The van der Waals surface area contributed by atoms with Crippen LogP contribution in [0.1, 0.15) is 10.7 Å². The van der Waals surface area contributed by atoms with Crippen LogP contribution in [0.3, 0.4) is 0 Å². The lowest BCUT2D eigenvalue weighted by Crippen LogP contribution is -2.25. The van der Waals surface area contributed by atoms with Crippen molar-refractivity contribution in [3.63, 3.8) is 0 Å². The molecule has 2 aromatic carbocycles. The molecule has 0 bridgehead atoms. The van der Waals surface area contributed by atoms with Gasteiger partial charge in [0.05, 0.1) is 12.1 Å². The van der Waals surface area contributed by atoms with E-state index in [-0.39, 0.29) is 18.1 Å². The maximum Gasteiger partial charge on any atom is 0.139 e. The first kappa shape index (κ1) is 16.4. The summed E-state index contributed by atoms with van der Waals surface area (Å²) in [5.74, 6) is 1.93. The number of rotatable bonds is 4. The van der Waals surface area contributed by atoms with Crippen LogP contribution in [0.25, 0.3) is 5.57 Å². The summed E-state index contributed by atoms with van der Waals surface area (Å²) in [5.41, 5.74) is 2.22. The van der Waals surface area contributed by atoms with E-state index in [0.29, 0.717) is 10.6 Å². The number of ether oxygens (including phenoxy) is 1. The first-order chi connectivity index (χ1) is 12.6. The van der Waals surface area contributed by atoms with Crippen molar-refractivity contribution in [2.75, 3.05) is 11.4 Å². The van der Waals surface area contributed by atoms with Gasteiger partial charge in [0.2, 0.25) is 0 Å². The van der Waals surface area contributed by atoms with Crippen molar-refractivity contribution in [3.8, 4) is 11.5 Å². The number of nitrogens with one attached hydrogen (secondary N) is 1. The molecule has 0 unspecified atom stereocenters. The van der Waals surface area contributed by atoms with Crippen molar-refractivity contribution in [2.24, 2.45) is 0 Å². The number of para-hydroxylation sites is 1. The van der Waals surface area contributed by atoms with Crippen LogP contribution in [0, 0.1) is 12.3 Å². The van der Waals surface area contributed by atoms with Crippen LogP contribution in [-0.2, 0) is 0 Å². The molecule has 0 fully saturated rings. The fourth-order valence-electron chi connectivity index (χ4n) is 2.81. The van der Waals surface area contributed by atoms with E-state index < -0.39 is 0 Å². The molecule has 2 N–H and O–H groups in total. The second kappa shape index (κ2) is 6.65. The van der Waals surface area contributed by atoms with Crippen LogP contribution in [-0.4, -0.2) is 22.5 Å². The van der Waals surface area contributed by atoms with E-state index in [0.717, 1.165) is 22.9 Å². The van der Waals surface area contributed by atoms with Crippen molar-refractivity contribution in [1.29, 1.82) is 5.41 Å². The van der Waals surface area contributed by atoms with Gasteiger partial charge >= 0.3 is 0 Å². The Kier molecular flexibility index (Phi) is 4.18. The number of aliphatic hydroxyl groups is 1. The molecule has 6 heteroatoms. The fraction of sp³-hybridized carbons (Fsp3) is 0.100. The Morgan fingerprint density at radius 1 is 1.08 bits per heavy atom. The summed E-state index contributed by atoms with van der Waals surface area (Å²) in [6.45, 7) is 2.17. The lowest BCUT2D eigenvalue weighted by molar-refractivity contribution is 0.411. The number of hydrogen-bond acceptors (Lipinski definition) is 5. The Morgan fingerprint density at radius 2 is 1.77 bits per heavy atom. The first-order valence-electron chi connectivity index (χ1n) is 8.16. The van der Waals surface area contributed by atoms with Crippen LogP contribution in [0.5, 0.6) is 11.5 Å². The third-order valence-electron chi connectivity index (χ3n) is 4.06. The number of amidine groups is 1. The number of aliphatic hydroxyl groups excluding tert-OH is 1. The molecule has 0 atom stereocenters. The Bertz CT molecular complexity index is 978. The Balaban J connectivity index is 1.53. The van der Waals surface area contributed by atoms with E-state index in [1.807, 2.05) is 66.9 Å². The predicted octanol–water partition coefficient (Wildman–Crippen LogP) is 5.01. The molecular formula is C20H17N3O2S. The van der Waals surface area contributed by atoms with Crippen LogP contribution < -0.4 is 9.64 Å². The zero-order valence-electron chi connectivity index (χ0n) is 14.1. The molecular weight excluding hydrogens is 346 g/mol. The maximum absolute atomic E-state index is 10.3. The summed E-state index contributed by atoms with van der Waals surface area (Å²) in [7, 11) is 0. The number of thiazole rings is 1. The van der Waals surface area contributed by atoms with E-state index in [1.165, 1.54) is 11.3 Å². The van der Waals surface area contributed by atoms with Crippen LogP contribution in [0.4, 0.5) is 5.69 Å². The number of nitrogens with zero attached hydrogens (tertiary/aromatic N) is 2. The van der Waals surface area contributed by atoms with Crippen molar-refractivity contribution in [2.45, 2.75) is 6.92 Å². The van der Waals surface area contributed by atoms with Gasteiger partial charge in [0.15, 0.2) is 0 Å². The lowest BCUT2D eigenvalue weighted by Gasteiger charge is -2.19. The Morgan fingerprint density at radius 3 is 2.42 bits per heavy atom. The van der Waals surface area contributed by atoms with Crippen molar-refractivity contribution in [3.05, 3.63) is 76.4 Å². The number of anilines is 1. The van der Waals surface area contributed by atoms with E-state index in [1.54, 1.807) is 4.90 Å². The smallest absolute Gasteiger partial charge is 0.139 e. The summed E-state index contributed by atoms with van der Waals surface area (Å²) in [6, 6.07) is 17.1. The predicted molar refractivity (Wildman–Crippen MR) is 104 cm³/mol. The van der Waals surface area contributed by atoms with E-state index in [2.05, 4.69) is 4.98 Å². The molecule has 130 valence electrons. The van der Waals surface area contributed by atoms with Crippen LogP contribution in [0.2, 0.25) is 0 Å². The minimum Gasteiger partial charge on any atom is -0.510 e. The van der Waals surface area contributed by atoms with Gasteiger partial charge in [0, 0.05) is 16.8 Å². The zero-order chi connectivity index (χ0) is 18.1. The van der Waals surface area contributed by atoms with Gasteiger partial charge in [-0.05, 0) is 43.3 Å². The summed E-state index contributed by atoms with van der Waals surface area (Å²) < 4.78 is 5.80. The SMILES string of the molecule is Cc1csc(C2=C(O)CN(c3ccc(Oc4ccccc4)cc3)C2=N)n1. The highest BCUT2D eigenvalue weighted by Gasteiger charge is 2.31. The molecule has 1 aromatic heterocycles. The fourth-order valence-corrected chi connectivity index (χ4v) is 3.68. The molecule has 0 saturated carbocycles. The third kappa shape index (κ3) is 3.07. The Hall–Kier alpha value is -3.12. The van der Waals surface area contributed by atoms with Gasteiger partial charge in [-0.3, -0.25) is 5.41 Å². The maximum atomic E-state index is 10.3. The number of aromatic nitrogens is 1. The van der Waals surface area contributed by atoms with Gasteiger partial charge in [-0.2, -0.15) is 0 Å². The van der Waals surface area contributed by atoms with Gasteiger partial charge in [0.25, 0.3) is 0 Å². The first-order valence-corrected chi connectivity index (χ1v) is 9.04. The van der Waals surface area contributed by atoms with Gasteiger partial charge < -0.3 is 14.7 Å². The molecule has 0 aliphatic carbocycles. The number of hydrogen-bond donors (Lipinski definition) is 2. The van der Waals surface area contributed by atoms with E-state index >= 15 is 0 Å². The van der Waals surface area contributed by atoms with Crippen LogP contribution >= 0.6 is 11.3 Å². The summed E-state index contributed by atoms with van der Waals surface area (Å²) >= 11 is 1.44. The average Bonchev–Trinajstić information content (AvgIpc) is 3.19. The average molecular weight is 363 g/mol. The highest BCUT2D eigenvalue weighted by molar-refractivity contribution is 7.11. The minimum absolute atomic E-state index is 0.175. The number of aryl methyl sites for hydroxylation is 1. The van der Waals surface area contributed by atoms with Crippen molar-refractivity contribution >= 4 is 28.4 Å². The second-order valence-electron chi connectivity index (χ2n) is 5.96. The number of benzene rings is 2. The normalized spacial score (nSPS) is 14.2. The van der Waals surface area contributed by atoms with Crippen molar-refractivity contribution in [1.82, 2.24) is 4.98 Å². The molecule has 2 heterocycles. The molecule has 0 radical (unpaired) electrons. The van der Waals surface area contributed by atoms with E-state index in [4.69, 9.17) is 10.1 Å². The molecule has 26 heavy (non-hydrogen) atoms. The highest BCUT2D eigenvalue weighted by Crippen LogP contribution is 2.33. The molecule has 0 amide bonds. The molecule has 1 aliphatic heterocycles. The third-order valence-corrected chi connectivity index (χ3v) is 5.04. The van der Waals surface area contributed by atoms with Gasteiger partial charge in [-0.25, -0.2) is 4.98 Å². The quantitative estimate of drug-likeness (QED) is 0.683. The molecule has 0 saturated heterocycles. The molecule has 5 nitrogen and oxygen atoms in total. The molecule has 1 aliphatic rings. The largest absolute Gasteiger partial charge is 0.510 e. The molecule has 4 rings (SSSR count). The van der Waals surface area contributed by atoms with Gasteiger partial charge in [-0.1, -0.05) is 18.2 Å². The summed E-state index contributed by atoms with van der Waals surface area (Å²) in [6.07, 6.45) is 0. The van der Waals surface area contributed by atoms with Crippen molar-refractivity contribution < 1.29 is 9.84 Å². The van der Waals surface area contributed by atoms with Crippen LogP contribution in [0.15, 0.2) is 65.7 Å². The Labute approximate surface area is 155 Å². The summed E-state index contributed by atoms with van der Waals surface area (Å²) in [4.78, 5) is 6.15.